The summed E-state index contributed by atoms with van der Waals surface area (Å²) in [4.78, 5) is 2.59. The van der Waals surface area contributed by atoms with Gasteiger partial charge in [-0.15, -0.1) is 0 Å². The number of rotatable bonds is 12. The maximum absolute atomic E-state index is 3.38. The van der Waals surface area contributed by atoms with Crippen molar-refractivity contribution in [3.63, 3.8) is 0 Å². The van der Waals surface area contributed by atoms with E-state index in [0.29, 0.717) is 0 Å². The first-order valence-corrected chi connectivity index (χ1v) is 7.28. The molecule has 1 N–H and O–H groups in total. The van der Waals surface area contributed by atoms with Crippen molar-refractivity contribution in [2.45, 2.75) is 59.3 Å². The Balaban J connectivity index is 3.20. The summed E-state index contributed by atoms with van der Waals surface area (Å²) in [6, 6.07) is 0. The molecule has 0 unspecified atom stereocenters. The molecule has 0 aliphatic rings. The van der Waals surface area contributed by atoms with Crippen LogP contribution in [0.2, 0.25) is 0 Å². The normalized spacial score (nSPS) is 11.2. The van der Waals surface area contributed by atoms with Crippen LogP contribution >= 0.6 is 0 Å². The molecule has 0 fully saturated rings. The Morgan fingerprint density at radius 2 is 1.50 bits per heavy atom. The lowest BCUT2D eigenvalue weighted by Crippen LogP contribution is -2.25. The Hall–Kier alpha value is -0.0800. The smallest absolute Gasteiger partial charge is 0.00189 e. The molecule has 0 rings (SSSR count). The molecule has 0 radical (unpaired) electrons. The summed E-state index contributed by atoms with van der Waals surface area (Å²) in [5.41, 5.74) is 0. The molecular weight excluding hydrogens is 196 g/mol. The summed E-state index contributed by atoms with van der Waals surface area (Å²) in [7, 11) is 0. The number of hydrogen-bond donors (Lipinski definition) is 1. The van der Waals surface area contributed by atoms with Gasteiger partial charge in [0.1, 0.15) is 0 Å². The van der Waals surface area contributed by atoms with E-state index in [2.05, 4.69) is 31.0 Å². The van der Waals surface area contributed by atoms with Crippen molar-refractivity contribution in [2.24, 2.45) is 0 Å². The maximum atomic E-state index is 3.38. The average molecular weight is 228 g/mol. The highest BCUT2D eigenvalue weighted by Crippen LogP contribution is 2.02. The van der Waals surface area contributed by atoms with Crippen molar-refractivity contribution < 1.29 is 0 Å². The second kappa shape index (κ2) is 13.0. The lowest BCUT2D eigenvalue weighted by Gasteiger charge is -2.19. The molecule has 0 saturated carbocycles. The molecule has 0 heterocycles. The minimum atomic E-state index is 1.11. The molecule has 0 bridgehead atoms. The molecular formula is C14H32N2. The summed E-state index contributed by atoms with van der Waals surface area (Å²) < 4.78 is 0. The first-order valence-electron chi connectivity index (χ1n) is 7.28. The highest BCUT2D eigenvalue weighted by atomic mass is 15.1. The van der Waals surface area contributed by atoms with Gasteiger partial charge in [-0.3, -0.25) is 0 Å². The van der Waals surface area contributed by atoms with Crippen LogP contribution in [0.5, 0.6) is 0 Å². The third-order valence-corrected chi connectivity index (χ3v) is 3.10. The zero-order valence-electron chi connectivity index (χ0n) is 11.7. The van der Waals surface area contributed by atoms with Crippen LogP contribution in [0.15, 0.2) is 0 Å². The molecule has 0 amide bonds. The van der Waals surface area contributed by atoms with Gasteiger partial charge in [0, 0.05) is 0 Å². The van der Waals surface area contributed by atoms with Crippen LogP contribution < -0.4 is 5.32 Å². The highest BCUT2D eigenvalue weighted by molar-refractivity contribution is 4.56. The van der Waals surface area contributed by atoms with E-state index in [1.54, 1.807) is 0 Å². The molecule has 0 aromatic heterocycles. The van der Waals surface area contributed by atoms with Crippen LogP contribution in [0.3, 0.4) is 0 Å². The SMILES string of the molecule is CCCCN(CC)CCCCCCNCC. The Kier molecular flexibility index (Phi) is 12.9. The predicted octanol–water partition coefficient (Wildman–Crippen LogP) is 3.28. The Morgan fingerprint density at radius 1 is 0.812 bits per heavy atom. The standard InChI is InChI=1S/C14H32N2/c1-4-7-13-16(6-3)14-11-9-8-10-12-15-5-2/h15H,4-14H2,1-3H3. The van der Waals surface area contributed by atoms with Gasteiger partial charge in [-0.25, -0.2) is 0 Å². The van der Waals surface area contributed by atoms with Gasteiger partial charge in [0.2, 0.25) is 0 Å². The minimum Gasteiger partial charge on any atom is -0.317 e. The van der Waals surface area contributed by atoms with E-state index < -0.39 is 0 Å². The molecule has 0 aromatic rings. The molecule has 0 atom stereocenters. The molecule has 0 aliphatic carbocycles. The maximum Gasteiger partial charge on any atom is -0.00189 e. The zero-order chi connectivity index (χ0) is 12.1. The van der Waals surface area contributed by atoms with E-state index in [9.17, 15) is 0 Å². The molecule has 0 saturated heterocycles. The third-order valence-electron chi connectivity index (χ3n) is 3.10. The fraction of sp³-hybridized carbons (Fsp3) is 1.00. The molecule has 16 heavy (non-hydrogen) atoms. The van der Waals surface area contributed by atoms with Crippen molar-refractivity contribution in [1.82, 2.24) is 10.2 Å². The third kappa shape index (κ3) is 10.4. The summed E-state index contributed by atoms with van der Waals surface area (Å²) in [6.45, 7) is 12.9. The van der Waals surface area contributed by atoms with Crippen molar-refractivity contribution in [2.75, 3.05) is 32.7 Å². The van der Waals surface area contributed by atoms with Crippen LogP contribution in [-0.4, -0.2) is 37.6 Å². The Labute approximate surface area is 103 Å². The van der Waals surface area contributed by atoms with Crippen molar-refractivity contribution in [1.29, 1.82) is 0 Å². The van der Waals surface area contributed by atoms with E-state index >= 15 is 0 Å². The van der Waals surface area contributed by atoms with E-state index in [1.807, 2.05) is 0 Å². The molecule has 98 valence electrons. The molecule has 0 aromatic carbocycles. The lowest BCUT2D eigenvalue weighted by molar-refractivity contribution is 0.276. The number of nitrogens with one attached hydrogen (secondary N) is 1. The van der Waals surface area contributed by atoms with E-state index in [1.165, 1.54) is 64.7 Å². The zero-order valence-corrected chi connectivity index (χ0v) is 11.7. The predicted molar refractivity (Wildman–Crippen MR) is 74.0 cm³/mol. The quantitative estimate of drug-likeness (QED) is 0.516. The summed E-state index contributed by atoms with van der Waals surface area (Å²) >= 11 is 0. The minimum absolute atomic E-state index is 1.11. The fourth-order valence-corrected chi connectivity index (χ4v) is 1.93. The van der Waals surface area contributed by atoms with Crippen LogP contribution in [0.4, 0.5) is 0 Å². The average Bonchev–Trinajstić information content (AvgIpc) is 2.32. The van der Waals surface area contributed by atoms with Crippen molar-refractivity contribution in [3.05, 3.63) is 0 Å². The van der Waals surface area contributed by atoms with E-state index in [-0.39, 0.29) is 0 Å². The largest absolute Gasteiger partial charge is 0.317 e. The van der Waals surface area contributed by atoms with E-state index in [4.69, 9.17) is 0 Å². The molecule has 0 aliphatic heterocycles. The molecule has 2 heteroatoms. The van der Waals surface area contributed by atoms with Crippen LogP contribution in [0.1, 0.15) is 59.3 Å². The number of hydrogen-bond acceptors (Lipinski definition) is 2. The second-order valence-electron chi connectivity index (χ2n) is 4.56. The second-order valence-corrected chi connectivity index (χ2v) is 4.56. The first kappa shape index (κ1) is 15.9. The van der Waals surface area contributed by atoms with Crippen LogP contribution in [0, 0.1) is 0 Å². The summed E-state index contributed by atoms with van der Waals surface area (Å²) in [5.74, 6) is 0. The van der Waals surface area contributed by atoms with Gasteiger partial charge in [0.05, 0.1) is 0 Å². The van der Waals surface area contributed by atoms with Gasteiger partial charge < -0.3 is 10.2 Å². The van der Waals surface area contributed by atoms with Gasteiger partial charge in [-0.2, -0.15) is 0 Å². The molecule has 2 nitrogen and oxygen atoms in total. The van der Waals surface area contributed by atoms with E-state index in [0.717, 1.165) is 6.54 Å². The van der Waals surface area contributed by atoms with Gasteiger partial charge in [0.25, 0.3) is 0 Å². The van der Waals surface area contributed by atoms with Crippen molar-refractivity contribution in [3.8, 4) is 0 Å². The summed E-state index contributed by atoms with van der Waals surface area (Å²) in [6.07, 6.45) is 8.18. The van der Waals surface area contributed by atoms with Gasteiger partial charge >= 0.3 is 0 Å². The first-order chi connectivity index (χ1) is 7.85. The van der Waals surface area contributed by atoms with Gasteiger partial charge in [0.15, 0.2) is 0 Å². The highest BCUT2D eigenvalue weighted by Gasteiger charge is 2.00. The van der Waals surface area contributed by atoms with Gasteiger partial charge in [-0.05, 0) is 52.0 Å². The number of nitrogens with zero attached hydrogens (tertiary/aromatic N) is 1. The van der Waals surface area contributed by atoms with Crippen LogP contribution in [-0.2, 0) is 0 Å². The Bertz CT molecular complexity index is 126. The monoisotopic (exact) mass is 228 g/mol. The van der Waals surface area contributed by atoms with Gasteiger partial charge in [-0.1, -0.05) is 40.0 Å². The number of unbranched alkanes of at least 4 members (excludes halogenated alkanes) is 4. The molecule has 0 spiro atoms. The summed E-state index contributed by atoms with van der Waals surface area (Å²) in [5, 5.41) is 3.38. The lowest BCUT2D eigenvalue weighted by atomic mass is 10.2. The fourth-order valence-electron chi connectivity index (χ4n) is 1.93. The topological polar surface area (TPSA) is 15.3 Å². The van der Waals surface area contributed by atoms with Crippen LogP contribution in [0.25, 0.3) is 0 Å². The van der Waals surface area contributed by atoms with Crippen molar-refractivity contribution >= 4 is 0 Å². The Morgan fingerprint density at radius 3 is 2.12 bits per heavy atom.